The lowest BCUT2D eigenvalue weighted by atomic mass is 10.1. The topological polar surface area (TPSA) is 53.3 Å². The highest BCUT2D eigenvalue weighted by Gasteiger charge is 2.47. The molecule has 2 rings (SSSR count). The first-order chi connectivity index (χ1) is 11.3. The average molecular weight is 340 g/mol. The van der Waals surface area contributed by atoms with Gasteiger partial charge in [0, 0.05) is 19.0 Å². The van der Waals surface area contributed by atoms with Gasteiger partial charge in [0.1, 0.15) is 5.75 Å². The molecule has 130 valence electrons. The second kappa shape index (κ2) is 7.12. The maximum absolute atomic E-state index is 12.5. The summed E-state index contributed by atoms with van der Waals surface area (Å²) in [5.74, 6) is -1.28. The smallest absolute Gasteiger partial charge is 0.405 e. The van der Waals surface area contributed by atoms with Crippen molar-refractivity contribution in [2.24, 2.45) is 11.8 Å². The summed E-state index contributed by atoms with van der Waals surface area (Å²) in [6.07, 6.45) is -4.27. The van der Waals surface area contributed by atoms with Gasteiger partial charge in [-0.2, -0.15) is 5.26 Å². The molecule has 1 saturated carbocycles. The maximum atomic E-state index is 12.5. The number of carbonyl (C=O) groups excluding carboxylic acids is 1. The Balaban J connectivity index is 2.10. The monoisotopic (exact) mass is 340 g/mol. The van der Waals surface area contributed by atoms with E-state index in [9.17, 15) is 18.0 Å². The SMILES string of the molecule is CCN(CC(C)C#N)C(=O)C1CC1c1ccccc1OC(F)(F)F. The van der Waals surface area contributed by atoms with Crippen molar-refractivity contribution in [2.75, 3.05) is 13.1 Å². The van der Waals surface area contributed by atoms with Crippen molar-refractivity contribution >= 4 is 5.91 Å². The number of nitriles is 1. The maximum Gasteiger partial charge on any atom is 0.573 e. The first-order valence-electron chi connectivity index (χ1n) is 7.79. The molecule has 0 aromatic heterocycles. The molecule has 0 heterocycles. The lowest BCUT2D eigenvalue weighted by molar-refractivity contribution is -0.274. The van der Waals surface area contributed by atoms with E-state index in [0.717, 1.165) is 0 Å². The van der Waals surface area contributed by atoms with E-state index in [1.54, 1.807) is 24.0 Å². The summed E-state index contributed by atoms with van der Waals surface area (Å²) in [7, 11) is 0. The predicted molar refractivity (Wildman–Crippen MR) is 81.0 cm³/mol. The number of carbonyl (C=O) groups is 1. The van der Waals surface area contributed by atoms with Crippen molar-refractivity contribution in [3.8, 4) is 11.8 Å². The largest absolute Gasteiger partial charge is 0.573 e. The van der Waals surface area contributed by atoms with E-state index in [2.05, 4.69) is 10.8 Å². The van der Waals surface area contributed by atoms with Crippen molar-refractivity contribution in [1.29, 1.82) is 5.26 Å². The fraction of sp³-hybridized carbons (Fsp3) is 0.529. The van der Waals surface area contributed by atoms with Crippen LogP contribution in [0.2, 0.25) is 0 Å². The molecule has 1 aliphatic carbocycles. The molecule has 0 aliphatic heterocycles. The Hall–Kier alpha value is -2.23. The third-order valence-corrected chi connectivity index (χ3v) is 4.06. The number of hydrogen-bond donors (Lipinski definition) is 0. The van der Waals surface area contributed by atoms with Gasteiger partial charge in [-0.1, -0.05) is 18.2 Å². The molecule has 4 nitrogen and oxygen atoms in total. The Bertz CT molecular complexity index is 639. The van der Waals surface area contributed by atoms with Crippen molar-refractivity contribution in [3.63, 3.8) is 0 Å². The van der Waals surface area contributed by atoms with Crippen LogP contribution in [0.5, 0.6) is 5.75 Å². The zero-order valence-electron chi connectivity index (χ0n) is 13.5. The molecule has 0 bridgehead atoms. The molecule has 1 amide bonds. The molecule has 3 atom stereocenters. The van der Waals surface area contributed by atoms with Gasteiger partial charge >= 0.3 is 6.36 Å². The van der Waals surface area contributed by atoms with Crippen LogP contribution in [-0.4, -0.2) is 30.3 Å². The molecule has 3 unspecified atom stereocenters. The molecule has 1 aliphatic rings. The van der Waals surface area contributed by atoms with E-state index < -0.39 is 6.36 Å². The van der Waals surface area contributed by atoms with Gasteiger partial charge in [-0.15, -0.1) is 13.2 Å². The van der Waals surface area contributed by atoms with Gasteiger partial charge in [-0.3, -0.25) is 4.79 Å². The van der Waals surface area contributed by atoms with Crippen LogP contribution in [0, 0.1) is 23.2 Å². The second-order valence-corrected chi connectivity index (χ2v) is 5.94. The van der Waals surface area contributed by atoms with Crippen LogP contribution in [0.4, 0.5) is 13.2 Å². The summed E-state index contributed by atoms with van der Waals surface area (Å²) in [6, 6.07) is 8.01. The number of benzene rings is 1. The molecule has 1 fully saturated rings. The lowest BCUT2D eigenvalue weighted by Crippen LogP contribution is -2.35. The minimum atomic E-state index is -4.76. The molecule has 0 radical (unpaired) electrons. The number of para-hydroxylation sites is 1. The zero-order valence-corrected chi connectivity index (χ0v) is 13.5. The average Bonchev–Trinajstić information content (AvgIpc) is 3.31. The Kier molecular flexibility index (Phi) is 5.37. The quantitative estimate of drug-likeness (QED) is 0.793. The number of ether oxygens (including phenoxy) is 1. The van der Waals surface area contributed by atoms with E-state index >= 15 is 0 Å². The highest BCUT2D eigenvalue weighted by atomic mass is 19.4. The summed E-state index contributed by atoms with van der Waals surface area (Å²) < 4.78 is 41.6. The summed E-state index contributed by atoms with van der Waals surface area (Å²) in [4.78, 5) is 14.1. The number of hydrogen-bond acceptors (Lipinski definition) is 3. The number of halogens is 3. The zero-order chi connectivity index (χ0) is 17.9. The summed E-state index contributed by atoms with van der Waals surface area (Å²) in [5, 5.41) is 8.88. The first kappa shape index (κ1) is 18.1. The van der Waals surface area contributed by atoms with E-state index in [1.165, 1.54) is 12.1 Å². The highest BCUT2D eigenvalue weighted by molar-refractivity contribution is 5.83. The van der Waals surface area contributed by atoms with Gasteiger partial charge in [0.2, 0.25) is 5.91 Å². The summed E-state index contributed by atoms with van der Waals surface area (Å²) >= 11 is 0. The van der Waals surface area contributed by atoms with Crippen LogP contribution in [0.1, 0.15) is 31.7 Å². The van der Waals surface area contributed by atoms with Gasteiger partial charge in [0.15, 0.2) is 0 Å². The second-order valence-electron chi connectivity index (χ2n) is 5.94. The summed E-state index contributed by atoms with van der Waals surface area (Å²) in [6.45, 7) is 4.34. The Morgan fingerprint density at radius 3 is 2.71 bits per heavy atom. The van der Waals surface area contributed by atoms with Gasteiger partial charge in [-0.25, -0.2) is 0 Å². The van der Waals surface area contributed by atoms with Crippen molar-refractivity contribution < 1.29 is 22.7 Å². The van der Waals surface area contributed by atoms with Crippen molar-refractivity contribution in [3.05, 3.63) is 29.8 Å². The number of amides is 1. The molecule has 1 aromatic carbocycles. The van der Waals surface area contributed by atoms with Crippen LogP contribution < -0.4 is 4.74 Å². The fourth-order valence-electron chi connectivity index (χ4n) is 2.80. The molecule has 24 heavy (non-hydrogen) atoms. The van der Waals surface area contributed by atoms with Crippen LogP contribution in [0.25, 0.3) is 0 Å². The first-order valence-corrected chi connectivity index (χ1v) is 7.79. The molecular weight excluding hydrogens is 321 g/mol. The predicted octanol–water partition coefficient (Wildman–Crippen LogP) is 3.70. The normalized spacial score (nSPS) is 20.8. The van der Waals surface area contributed by atoms with E-state index in [-0.39, 0.29) is 29.4 Å². The Morgan fingerprint density at radius 1 is 1.46 bits per heavy atom. The molecule has 1 aromatic rings. The van der Waals surface area contributed by atoms with E-state index in [4.69, 9.17) is 5.26 Å². The van der Waals surface area contributed by atoms with Crippen LogP contribution in [0.15, 0.2) is 24.3 Å². The van der Waals surface area contributed by atoms with E-state index in [1.807, 2.05) is 6.92 Å². The Labute approximate surface area is 138 Å². The third kappa shape index (κ3) is 4.40. The van der Waals surface area contributed by atoms with Gasteiger partial charge in [0.25, 0.3) is 0 Å². The van der Waals surface area contributed by atoms with Gasteiger partial charge in [0.05, 0.1) is 12.0 Å². The highest BCUT2D eigenvalue weighted by Crippen LogP contribution is 2.51. The molecular formula is C17H19F3N2O2. The van der Waals surface area contributed by atoms with Crippen LogP contribution in [-0.2, 0) is 4.79 Å². The Morgan fingerprint density at radius 2 is 2.12 bits per heavy atom. The molecule has 0 N–H and O–H groups in total. The minimum Gasteiger partial charge on any atom is -0.405 e. The lowest BCUT2D eigenvalue weighted by Gasteiger charge is -2.22. The standard InChI is InChI=1S/C17H19F3N2O2/c1-3-22(10-11(2)9-21)16(23)14-8-13(14)12-6-4-5-7-15(12)24-17(18,19)20/h4-7,11,13-14H,3,8,10H2,1-2H3. The number of nitrogens with zero attached hydrogens (tertiary/aromatic N) is 2. The number of rotatable bonds is 6. The van der Waals surface area contributed by atoms with Gasteiger partial charge in [-0.05, 0) is 37.8 Å². The third-order valence-electron chi connectivity index (χ3n) is 4.06. The molecule has 0 saturated heterocycles. The minimum absolute atomic E-state index is 0.119. The number of alkyl halides is 3. The van der Waals surface area contributed by atoms with Gasteiger partial charge < -0.3 is 9.64 Å². The van der Waals surface area contributed by atoms with Crippen molar-refractivity contribution in [2.45, 2.75) is 32.5 Å². The fourth-order valence-corrected chi connectivity index (χ4v) is 2.80. The molecule has 7 heteroatoms. The van der Waals surface area contributed by atoms with E-state index in [0.29, 0.717) is 25.1 Å². The molecule has 0 spiro atoms. The summed E-state index contributed by atoms with van der Waals surface area (Å²) in [5.41, 5.74) is 0.401. The van der Waals surface area contributed by atoms with Crippen LogP contribution in [0.3, 0.4) is 0 Å². The van der Waals surface area contributed by atoms with Crippen molar-refractivity contribution in [1.82, 2.24) is 4.90 Å². The van der Waals surface area contributed by atoms with Crippen LogP contribution >= 0.6 is 0 Å².